The van der Waals surface area contributed by atoms with Crippen molar-refractivity contribution in [2.45, 2.75) is 104 Å². The van der Waals surface area contributed by atoms with Crippen molar-refractivity contribution in [1.82, 2.24) is 5.48 Å². The van der Waals surface area contributed by atoms with Crippen molar-refractivity contribution in [3.05, 3.63) is 12.2 Å². The number of amides is 1. The van der Waals surface area contributed by atoms with Gasteiger partial charge in [-0.2, -0.15) is 0 Å². The molecule has 0 spiro atoms. The summed E-state index contributed by atoms with van der Waals surface area (Å²) in [6.07, 6.45) is 21.9. The number of allylic oxidation sites excluding steroid dienone is 2. The van der Waals surface area contributed by atoms with Crippen molar-refractivity contribution in [2.24, 2.45) is 0 Å². The lowest BCUT2D eigenvalue weighted by atomic mass is 10.1. The SMILES string of the molecule is CCCCCCCCC=CCCCCCCCC(=O)NOCC. The van der Waals surface area contributed by atoms with Crippen molar-refractivity contribution in [2.75, 3.05) is 6.61 Å². The molecule has 136 valence electrons. The van der Waals surface area contributed by atoms with Crippen LogP contribution < -0.4 is 5.48 Å². The predicted octanol–water partition coefficient (Wildman–Crippen LogP) is 6.09. The fraction of sp³-hybridized carbons (Fsp3) is 0.850. The van der Waals surface area contributed by atoms with Gasteiger partial charge in [-0.15, -0.1) is 0 Å². The van der Waals surface area contributed by atoms with E-state index in [1.807, 2.05) is 6.92 Å². The minimum absolute atomic E-state index is 0.00415. The Hall–Kier alpha value is -0.830. The molecule has 0 fully saturated rings. The largest absolute Gasteiger partial charge is 0.274 e. The van der Waals surface area contributed by atoms with Gasteiger partial charge >= 0.3 is 0 Å². The first-order chi connectivity index (χ1) is 11.3. The number of nitrogens with one attached hydrogen (secondary N) is 1. The van der Waals surface area contributed by atoms with E-state index in [4.69, 9.17) is 4.84 Å². The summed E-state index contributed by atoms with van der Waals surface area (Å²) in [5.41, 5.74) is 2.43. The Labute approximate surface area is 144 Å². The monoisotopic (exact) mass is 325 g/mol. The highest BCUT2D eigenvalue weighted by molar-refractivity contribution is 5.74. The second-order valence-electron chi connectivity index (χ2n) is 6.29. The van der Waals surface area contributed by atoms with Crippen LogP contribution in [0.15, 0.2) is 12.2 Å². The van der Waals surface area contributed by atoms with Crippen LogP contribution in [0.5, 0.6) is 0 Å². The van der Waals surface area contributed by atoms with Gasteiger partial charge in [0.25, 0.3) is 0 Å². The number of unbranched alkanes of at least 4 members (excludes halogenated alkanes) is 11. The van der Waals surface area contributed by atoms with Gasteiger partial charge in [-0.3, -0.25) is 9.63 Å². The molecule has 3 nitrogen and oxygen atoms in total. The van der Waals surface area contributed by atoms with Gasteiger partial charge < -0.3 is 0 Å². The topological polar surface area (TPSA) is 38.3 Å². The molecule has 0 aliphatic heterocycles. The van der Waals surface area contributed by atoms with Crippen LogP contribution in [0.4, 0.5) is 0 Å². The van der Waals surface area contributed by atoms with Gasteiger partial charge in [0.05, 0.1) is 6.61 Å². The molecule has 23 heavy (non-hydrogen) atoms. The lowest BCUT2D eigenvalue weighted by Gasteiger charge is -2.03. The zero-order chi connectivity index (χ0) is 17.0. The maximum atomic E-state index is 11.3. The molecule has 1 amide bonds. The molecule has 0 rings (SSSR count). The van der Waals surface area contributed by atoms with E-state index < -0.39 is 0 Å². The van der Waals surface area contributed by atoms with E-state index in [1.165, 1.54) is 70.6 Å². The first-order valence-electron chi connectivity index (χ1n) is 9.86. The molecular weight excluding hydrogens is 286 g/mol. The van der Waals surface area contributed by atoms with Gasteiger partial charge in [-0.25, -0.2) is 5.48 Å². The fourth-order valence-corrected chi connectivity index (χ4v) is 2.56. The van der Waals surface area contributed by atoms with Gasteiger partial charge in [-0.05, 0) is 39.0 Å². The van der Waals surface area contributed by atoms with Crippen LogP contribution in [0.25, 0.3) is 0 Å². The Kier molecular flexibility index (Phi) is 18.5. The Morgan fingerprint density at radius 1 is 0.783 bits per heavy atom. The quantitative estimate of drug-likeness (QED) is 0.199. The number of hydrogen-bond donors (Lipinski definition) is 1. The van der Waals surface area contributed by atoms with Crippen LogP contribution in [-0.2, 0) is 9.63 Å². The summed E-state index contributed by atoms with van der Waals surface area (Å²) in [5, 5.41) is 0. The molecule has 0 aromatic heterocycles. The van der Waals surface area contributed by atoms with E-state index in [9.17, 15) is 4.79 Å². The van der Waals surface area contributed by atoms with Gasteiger partial charge in [0, 0.05) is 6.42 Å². The lowest BCUT2D eigenvalue weighted by molar-refractivity contribution is -0.133. The van der Waals surface area contributed by atoms with Gasteiger partial charge in [0.1, 0.15) is 0 Å². The third-order valence-electron chi connectivity index (χ3n) is 4.00. The summed E-state index contributed by atoms with van der Waals surface area (Å²) in [6.45, 7) is 4.66. The van der Waals surface area contributed by atoms with Gasteiger partial charge in [0.15, 0.2) is 0 Å². The molecule has 0 bridgehead atoms. The normalized spacial score (nSPS) is 11.2. The minimum Gasteiger partial charge on any atom is -0.274 e. The average Bonchev–Trinajstić information content (AvgIpc) is 2.56. The summed E-state index contributed by atoms with van der Waals surface area (Å²) in [6, 6.07) is 0. The van der Waals surface area contributed by atoms with Crippen molar-refractivity contribution >= 4 is 5.91 Å². The van der Waals surface area contributed by atoms with E-state index in [1.54, 1.807) is 0 Å². The van der Waals surface area contributed by atoms with Crippen molar-refractivity contribution < 1.29 is 9.63 Å². The third kappa shape index (κ3) is 19.1. The Balaban J connectivity index is 3.14. The lowest BCUT2D eigenvalue weighted by Crippen LogP contribution is -2.23. The van der Waals surface area contributed by atoms with Crippen LogP contribution in [0.3, 0.4) is 0 Å². The van der Waals surface area contributed by atoms with E-state index in [0.29, 0.717) is 13.0 Å². The summed E-state index contributed by atoms with van der Waals surface area (Å²) in [7, 11) is 0. The first-order valence-corrected chi connectivity index (χ1v) is 9.86. The number of hydroxylamine groups is 1. The van der Waals surface area contributed by atoms with Crippen molar-refractivity contribution in [3.8, 4) is 0 Å². The van der Waals surface area contributed by atoms with E-state index in [0.717, 1.165) is 12.8 Å². The van der Waals surface area contributed by atoms with Crippen LogP contribution >= 0.6 is 0 Å². The predicted molar refractivity (Wildman–Crippen MR) is 99.2 cm³/mol. The zero-order valence-corrected chi connectivity index (χ0v) is 15.6. The second-order valence-corrected chi connectivity index (χ2v) is 6.29. The zero-order valence-electron chi connectivity index (χ0n) is 15.6. The number of hydrogen-bond acceptors (Lipinski definition) is 2. The summed E-state index contributed by atoms with van der Waals surface area (Å²) in [5.74, 6) is 0.00415. The third-order valence-corrected chi connectivity index (χ3v) is 4.00. The summed E-state index contributed by atoms with van der Waals surface area (Å²) >= 11 is 0. The van der Waals surface area contributed by atoms with Gasteiger partial charge in [0.2, 0.25) is 5.91 Å². The van der Waals surface area contributed by atoms with Gasteiger partial charge in [-0.1, -0.05) is 70.4 Å². The van der Waals surface area contributed by atoms with Crippen LogP contribution in [-0.4, -0.2) is 12.5 Å². The highest BCUT2D eigenvalue weighted by atomic mass is 16.6. The van der Waals surface area contributed by atoms with Crippen molar-refractivity contribution in [3.63, 3.8) is 0 Å². The molecule has 0 heterocycles. The summed E-state index contributed by atoms with van der Waals surface area (Å²) < 4.78 is 0. The second kappa shape index (κ2) is 19.2. The Bertz CT molecular complexity index is 277. The van der Waals surface area contributed by atoms with Crippen LogP contribution in [0.1, 0.15) is 104 Å². The molecule has 0 aromatic rings. The Morgan fingerprint density at radius 2 is 1.30 bits per heavy atom. The molecular formula is C20H39NO2. The summed E-state index contributed by atoms with van der Waals surface area (Å²) in [4.78, 5) is 16.2. The maximum Gasteiger partial charge on any atom is 0.243 e. The Morgan fingerprint density at radius 3 is 1.87 bits per heavy atom. The number of carbonyl (C=O) groups is 1. The molecule has 1 N–H and O–H groups in total. The van der Waals surface area contributed by atoms with E-state index in [2.05, 4.69) is 24.6 Å². The van der Waals surface area contributed by atoms with Crippen molar-refractivity contribution in [1.29, 1.82) is 0 Å². The fourth-order valence-electron chi connectivity index (χ4n) is 2.56. The highest BCUT2D eigenvalue weighted by Crippen LogP contribution is 2.09. The molecule has 0 aliphatic rings. The standard InChI is InChI=1S/C20H39NO2/c1-3-5-6-7-8-9-10-11-12-13-14-15-16-17-18-19-20(22)21-23-4-2/h11-12H,3-10,13-19H2,1-2H3,(H,21,22). The molecule has 3 heteroatoms. The number of carbonyl (C=O) groups excluding carboxylic acids is 1. The van der Waals surface area contributed by atoms with Crippen LogP contribution in [0, 0.1) is 0 Å². The highest BCUT2D eigenvalue weighted by Gasteiger charge is 1.99. The average molecular weight is 326 g/mol. The molecule has 0 aromatic carbocycles. The minimum atomic E-state index is 0.00415. The molecule has 0 aliphatic carbocycles. The first kappa shape index (κ1) is 22.2. The molecule has 0 saturated heterocycles. The molecule has 0 atom stereocenters. The maximum absolute atomic E-state index is 11.3. The molecule has 0 saturated carbocycles. The van der Waals surface area contributed by atoms with E-state index >= 15 is 0 Å². The smallest absolute Gasteiger partial charge is 0.243 e. The molecule has 0 radical (unpaired) electrons. The van der Waals surface area contributed by atoms with E-state index in [-0.39, 0.29) is 5.91 Å². The molecule has 0 unspecified atom stereocenters. The van der Waals surface area contributed by atoms with Crippen LogP contribution in [0.2, 0.25) is 0 Å². The number of rotatable bonds is 17.